The molecule has 0 saturated carbocycles. The molecule has 126 valence electrons. The van der Waals surface area contributed by atoms with Gasteiger partial charge in [-0.1, -0.05) is 30.3 Å². The van der Waals surface area contributed by atoms with Gasteiger partial charge >= 0.3 is 5.97 Å². The van der Waals surface area contributed by atoms with Gasteiger partial charge in [-0.2, -0.15) is 0 Å². The van der Waals surface area contributed by atoms with Gasteiger partial charge in [-0.15, -0.1) is 0 Å². The van der Waals surface area contributed by atoms with Crippen LogP contribution >= 0.6 is 0 Å². The lowest BCUT2D eigenvalue weighted by Gasteiger charge is -2.08. The van der Waals surface area contributed by atoms with Crippen molar-refractivity contribution in [1.29, 1.82) is 0 Å². The van der Waals surface area contributed by atoms with Crippen LogP contribution < -0.4 is 5.32 Å². The van der Waals surface area contributed by atoms with Crippen LogP contribution in [-0.4, -0.2) is 23.6 Å². The zero-order chi connectivity index (χ0) is 17.4. The molecule has 2 aromatic rings. The highest BCUT2D eigenvalue weighted by atomic mass is 16.5. The van der Waals surface area contributed by atoms with E-state index in [0.29, 0.717) is 37.3 Å². The summed E-state index contributed by atoms with van der Waals surface area (Å²) in [6, 6.07) is 14.6. The number of aromatic carboxylic acids is 1. The molecule has 0 radical (unpaired) electrons. The Morgan fingerprint density at radius 1 is 1.12 bits per heavy atom. The molecule has 0 aliphatic heterocycles. The number of carboxylic acid groups (broad SMARTS) is 1. The summed E-state index contributed by atoms with van der Waals surface area (Å²) in [4.78, 5) is 22.9. The molecule has 0 aliphatic rings. The zero-order valence-electron chi connectivity index (χ0n) is 13.6. The van der Waals surface area contributed by atoms with Gasteiger partial charge in [0.15, 0.2) is 0 Å². The molecule has 0 bridgehead atoms. The van der Waals surface area contributed by atoms with Gasteiger partial charge in [-0.05, 0) is 42.7 Å². The number of aryl methyl sites for hydroxylation is 1. The molecule has 5 heteroatoms. The molecule has 2 rings (SSSR count). The Balaban J connectivity index is 1.70. The number of carboxylic acids is 1. The molecule has 0 spiro atoms. The van der Waals surface area contributed by atoms with Crippen molar-refractivity contribution in [1.82, 2.24) is 0 Å². The van der Waals surface area contributed by atoms with E-state index in [1.165, 1.54) is 6.07 Å². The maximum atomic E-state index is 11.9. The maximum Gasteiger partial charge on any atom is 0.335 e. The molecular formula is C19H21NO4. The van der Waals surface area contributed by atoms with E-state index >= 15 is 0 Å². The second-order valence-corrected chi connectivity index (χ2v) is 5.52. The Hall–Kier alpha value is -2.66. The van der Waals surface area contributed by atoms with Gasteiger partial charge in [-0.25, -0.2) is 4.79 Å². The van der Waals surface area contributed by atoms with Gasteiger partial charge in [0.25, 0.3) is 0 Å². The third kappa shape index (κ3) is 5.52. The Labute approximate surface area is 141 Å². The van der Waals surface area contributed by atoms with E-state index in [1.807, 2.05) is 30.3 Å². The average Bonchev–Trinajstić information content (AvgIpc) is 2.55. The monoisotopic (exact) mass is 327 g/mol. The maximum absolute atomic E-state index is 11.9. The predicted octanol–water partition coefficient (Wildman–Crippen LogP) is 3.63. The highest BCUT2D eigenvalue weighted by molar-refractivity contribution is 5.93. The molecule has 0 unspecified atom stereocenters. The van der Waals surface area contributed by atoms with E-state index in [2.05, 4.69) is 5.32 Å². The first kappa shape index (κ1) is 17.7. The van der Waals surface area contributed by atoms with E-state index in [-0.39, 0.29) is 11.5 Å². The summed E-state index contributed by atoms with van der Waals surface area (Å²) >= 11 is 0. The fourth-order valence-electron chi connectivity index (χ4n) is 2.30. The lowest BCUT2D eigenvalue weighted by Crippen LogP contribution is -2.13. The smallest absolute Gasteiger partial charge is 0.335 e. The number of ether oxygens (including phenoxy) is 1. The largest absolute Gasteiger partial charge is 0.478 e. The average molecular weight is 327 g/mol. The summed E-state index contributed by atoms with van der Waals surface area (Å²) in [5.74, 6) is -1.08. The van der Waals surface area contributed by atoms with Crippen molar-refractivity contribution in [2.24, 2.45) is 0 Å². The van der Waals surface area contributed by atoms with Gasteiger partial charge in [0, 0.05) is 18.7 Å². The number of carbonyl (C=O) groups excluding carboxylic acids is 1. The van der Waals surface area contributed by atoms with Crippen molar-refractivity contribution in [3.63, 3.8) is 0 Å². The molecule has 0 atom stereocenters. The van der Waals surface area contributed by atoms with Gasteiger partial charge in [0.1, 0.15) is 0 Å². The van der Waals surface area contributed by atoms with Gasteiger partial charge in [0.2, 0.25) is 5.91 Å². The molecule has 0 saturated heterocycles. The molecular weight excluding hydrogens is 306 g/mol. The van der Waals surface area contributed by atoms with Crippen LogP contribution in [-0.2, 0) is 16.1 Å². The SMILES string of the molecule is Cc1cc(NC(=O)CCCOCc2ccccc2)ccc1C(=O)O. The normalized spacial score (nSPS) is 10.4. The van der Waals surface area contributed by atoms with Crippen LogP contribution in [0.15, 0.2) is 48.5 Å². The minimum absolute atomic E-state index is 0.110. The van der Waals surface area contributed by atoms with E-state index < -0.39 is 5.97 Å². The van der Waals surface area contributed by atoms with E-state index in [9.17, 15) is 9.59 Å². The van der Waals surface area contributed by atoms with Crippen LogP contribution in [0.2, 0.25) is 0 Å². The van der Waals surface area contributed by atoms with Crippen molar-refractivity contribution in [2.75, 3.05) is 11.9 Å². The van der Waals surface area contributed by atoms with Crippen LogP contribution in [0.1, 0.15) is 34.3 Å². The Bertz CT molecular complexity index is 698. The number of amides is 1. The number of hydrogen-bond donors (Lipinski definition) is 2. The minimum atomic E-state index is -0.971. The summed E-state index contributed by atoms with van der Waals surface area (Å²) in [5.41, 5.74) is 2.57. The number of carbonyl (C=O) groups is 2. The van der Waals surface area contributed by atoms with Crippen LogP contribution in [0.4, 0.5) is 5.69 Å². The van der Waals surface area contributed by atoms with Gasteiger partial charge in [0.05, 0.1) is 12.2 Å². The molecule has 2 N–H and O–H groups in total. The summed E-state index contributed by atoms with van der Waals surface area (Å²) < 4.78 is 5.54. The van der Waals surface area contributed by atoms with Crippen LogP contribution in [0.5, 0.6) is 0 Å². The second-order valence-electron chi connectivity index (χ2n) is 5.52. The highest BCUT2D eigenvalue weighted by Crippen LogP contribution is 2.15. The van der Waals surface area contributed by atoms with Crippen molar-refractivity contribution in [3.8, 4) is 0 Å². The van der Waals surface area contributed by atoms with Crippen molar-refractivity contribution >= 4 is 17.6 Å². The van der Waals surface area contributed by atoms with E-state index in [1.54, 1.807) is 19.1 Å². The van der Waals surface area contributed by atoms with Crippen molar-refractivity contribution < 1.29 is 19.4 Å². The lowest BCUT2D eigenvalue weighted by molar-refractivity contribution is -0.116. The molecule has 0 fully saturated rings. The van der Waals surface area contributed by atoms with Gasteiger partial charge in [-0.3, -0.25) is 4.79 Å². The minimum Gasteiger partial charge on any atom is -0.478 e. The summed E-state index contributed by atoms with van der Waals surface area (Å²) in [6.07, 6.45) is 0.985. The van der Waals surface area contributed by atoms with Crippen LogP contribution in [0.3, 0.4) is 0 Å². The summed E-state index contributed by atoms with van der Waals surface area (Å²) in [7, 11) is 0. The van der Waals surface area contributed by atoms with E-state index in [4.69, 9.17) is 9.84 Å². The Kier molecular flexibility index (Phi) is 6.51. The molecule has 2 aromatic carbocycles. The number of anilines is 1. The highest BCUT2D eigenvalue weighted by Gasteiger charge is 2.08. The van der Waals surface area contributed by atoms with E-state index in [0.717, 1.165) is 5.56 Å². The molecule has 0 heterocycles. The first-order valence-corrected chi connectivity index (χ1v) is 7.82. The topological polar surface area (TPSA) is 75.6 Å². The standard InChI is InChI=1S/C19H21NO4/c1-14-12-16(9-10-17(14)19(22)23)20-18(21)8-5-11-24-13-15-6-3-2-4-7-15/h2-4,6-7,9-10,12H,5,8,11,13H2,1H3,(H,20,21)(H,22,23). The van der Waals surface area contributed by atoms with Crippen molar-refractivity contribution in [3.05, 3.63) is 65.2 Å². The van der Waals surface area contributed by atoms with Crippen LogP contribution in [0, 0.1) is 6.92 Å². The second kappa shape index (κ2) is 8.84. The number of hydrogen-bond acceptors (Lipinski definition) is 3. The first-order chi connectivity index (χ1) is 11.6. The van der Waals surface area contributed by atoms with Crippen LogP contribution in [0.25, 0.3) is 0 Å². The third-order valence-corrected chi connectivity index (χ3v) is 3.54. The Morgan fingerprint density at radius 2 is 1.88 bits per heavy atom. The number of rotatable bonds is 8. The van der Waals surface area contributed by atoms with Crippen molar-refractivity contribution in [2.45, 2.75) is 26.4 Å². The number of benzene rings is 2. The first-order valence-electron chi connectivity index (χ1n) is 7.82. The third-order valence-electron chi connectivity index (χ3n) is 3.54. The molecule has 0 aromatic heterocycles. The Morgan fingerprint density at radius 3 is 2.54 bits per heavy atom. The quantitative estimate of drug-likeness (QED) is 0.726. The number of nitrogens with one attached hydrogen (secondary N) is 1. The molecule has 5 nitrogen and oxygen atoms in total. The summed E-state index contributed by atoms with van der Waals surface area (Å²) in [5, 5.41) is 11.8. The fraction of sp³-hybridized carbons (Fsp3) is 0.263. The van der Waals surface area contributed by atoms with Gasteiger partial charge < -0.3 is 15.2 Å². The fourth-order valence-corrected chi connectivity index (χ4v) is 2.30. The molecule has 24 heavy (non-hydrogen) atoms. The molecule has 0 aliphatic carbocycles. The lowest BCUT2D eigenvalue weighted by atomic mass is 10.1. The summed E-state index contributed by atoms with van der Waals surface area (Å²) in [6.45, 7) is 2.76. The zero-order valence-corrected chi connectivity index (χ0v) is 13.6. The predicted molar refractivity (Wildman–Crippen MR) is 92.1 cm³/mol. The molecule has 1 amide bonds.